The zero-order valence-corrected chi connectivity index (χ0v) is 13.8. The Morgan fingerprint density at radius 2 is 1.62 bits per heavy atom. The third kappa shape index (κ3) is 4.69. The molecule has 1 unspecified atom stereocenters. The Kier molecular flexibility index (Phi) is 5.97. The Morgan fingerprint density at radius 1 is 1.00 bits per heavy atom. The van der Waals surface area contributed by atoms with Crippen molar-refractivity contribution in [2.75, 3.05) is 6.26 Å². The molecule has 0 saturated heterocycles. The molecule has 106 valence electrons. The minimum absolute atomic E-state index is 0.0273. The van der Waals surface area contributed by atoms with Gasteiger partial charge in [-0.05, 0) is 49.1 Å². The van der Waals surface area contributed by atoms with Gasteiger partial charge in [0.15, 0.2) is 9.80 Å². The van der Waals surface area contributed by atoms with Crippen LogP contribution < -0.4 is 0 Å². The van der Waals surface area contributed by atoms with E-state index in [4.69, 9.17) is 0 Å². The van der Waals surface area contributed by atoms with Gasteiger partial charge in [-0.25, -0.2) is 0 Å². The average Bonchev–Trinajstić information content (AvgIpc) is 2.53. The van der Waals surface area contributed by atoms with E-state index in [1.165, 1.54) is 14.7 Å². The Morgan fingerprint density at radius 3 is 2.24 bits per heavy atom. The summed E-state index contributed by atoms with van der Waals surface area (Å²) in [4.78, 5) is 4.96. The highest BCUT2D eigenvalue weighted by molar-refractivity contribution is 8.00. The maximum atomic E-state index is 4.13. The lowest BCUT2D eigenvalue weighted by Gasteiger charge is -2.04. The molecule has 2 heteroatoms. The fraction of sp³-hybridized carbons (Fsp3) is 0.0526. The van der Waals surface area contributed by atoms with Crippen molar-refractivity contribution in [2.45, 2.75) is 14.7 Å². The van der Waals surface area contributed by atoms with E-state index in [0.717, 1.165) is 4.91 Å². The van der Waals surface area contributed by atoms with Crippen molar-refractivity contribution in [1.82, 2.24) is 0 Å². The summed E-state index contributed by atoms with van der Waals surface area (Å²) in [6.07, 6.45) is 7.95. The van der Waals surface area contributed by atoms with Crippen molar-refractivity contribution < 1.29 is 0 Å². The summed E-state index contributed by atoms with van der Waals surface area (Å²) in [6.45, 7) is 7.82. The van der Waals surface area contributed by atoms with Gasteiger partial charge in [-0.2, -0.15) is 0 Å². The molecule has 1 atom stereocenters. The van der Waals surface area contributed by atoms with Gasteiger partial charge in [0.1, 0.15) is 6.26 Å². The van der Waals surface area contributed by atoms with Crippen LogP contribution in [0.5, 0.6) is 0 Å². The first-order chi connectivity index (χ1) is 10.2. The van der Waals surface area contributed by atoms with E-state index in [1.54, 1.807) is 17.8 Å². The molecule has 0 heterocycles. The van der Waals surface area contributed by atoms with Crippen molar-refractivity contribution in [3.05, 3.63) is 90.9 Å². The predicted molar refractivity (Wildman–Crippen MR) is 97.0 cm³/mol. The molecule has 0 amide bonds. The summed E-state index contributed by atoms with van der Waals surface area (Å²) >= 11 is 1.78. The van der Waals surface area contributed by atoms with Crippen LogP contribution in [0.25, 0.3) is 0 Å². The van der Waals surface area contributed by atoms with E-state index in [1.807, 2.05) is 18.2 Å². The second-order valence-corrected chi connectivity index (χ2v) is 7.62. The zero-order chi connectivity index (χ0) is 15.1. The second-order valence-electron chi connectivity index (χ2n) is 4.46. The molecular formula is C19H19S2+. The molecule has 0 nitrogen and oxygen atoms in total. The summed E-state index contributed by atoms with van der Waals surface area (Å²) < 4.78 is 0. The lowest BCUT2D eigenvalue weighted by molar-refractivity contribution is 1.33. The molecule has 2 rings (SSSR count). The van der Waals surface area contributed by atoms with Gasteiger partial charge < -0.3 is 0 Å². The van der Waals surface area contributed by atoms with Crippen LogP contribution in [-0.2, 0) is 10.9 Å². The van der Waals surface area contributed by atoms with Gasteiger partial charge in [0, 0.05) is 9.79 Å². The molecule has 0 N–H and O–H groups in total. The molecule has 0 radical (unpaired) electrons. The molecule has 21 heavy (non-hydrogen) atoms. The first kappa shape index (κ1) is 15.7. The Balaban J connectivity index is 2.06. The summed E-state index contributed by atoms with van der Waals surface area (Å²) in [5.74, 6) is 0. The van der Waals surface area contributed by atoms with Gasteiger partial charge in [0.25, 0.3) is 0 Å². The summed E-state index contributed by atoms with van der Waals surface area (Å²) in [6, 6.07) is 19.2. The van der Waals surface area contributed by atoms with Crippen LogP contribution in [0.15, 0.2) is 106 Å². The number of hydrogen-bond acceptors (Lipinski definition) is 1. The highest BCUT2D eigenvalue weighted by atomic mass is 32.2. The normalized spacial score (nSPS) is 12.2. The molecule has 0 bridgehead atoms. The highest BCUT2D eigenvalue weighted by Gasteiger charge is 2.17. The van der Waals surface area contributed by atoms with E-state index in [2.05, 4.69) is 67.9 Å². The second kappa shape index (κ2) is 7.96. The smallest absolute Gasteiger partial charge is 0.0991 e. The average molecular weight is 311 g/mol. The minimum Gasteiger partial charge on any atom is -0.0991 e. The molecule has 0 aliphatic carbocycles. The van der Waals surface area contributed by atoms with Crippen molar-refractivity contribution in [2.24, 2.45) is 0 Å². The topological polar surface area (TPSA) is 0 Å². The quantitative estimate of drug-likeness (QED) is 0.487. The third-order valence-corrected chi connectivity index (χ3v) is 5.89. The maximum Gasteiger partial charge on any atom is 0.160 e. The molecule has 0 spiro atoms. The van der Waals surface area contributed by atoms with Crippen LogP contribution >= 0.6 is 11.8 Å². The molecule has 0 aliphatic rings. The van der Waals surface area contributed by atoms with E-state index >= 15 is 0 Å². The van der Waals surface area contributed by atoms with Gasteiger partial charge in [-0.1, -0.05) is 48.7 Å². The maximum absolute atomic E-state index is 4.13. The van der Waals surface area contributed by atoms with Gasteiger partial charge in [-0.3, -0.25) is 0 Å². The van der Waals surface area contributed by atoms with Crippen LogP contribution in [-0.4, -0.2) is 6.26 Å². The number of benzene rings is 2. The van der Waals surface area contributed by atoms with Crippen LogP contribution in [0.4, 0.5) is 0 Å². The molecule has 2 aromatic carbocycles. The first-order valence-corrected chi connectivity index (χ1v) is 9.12. The molecule has 0 aromatic heterocycles. The lowest BCUT2D eigenvalue weighted by atomic mass is 10.4. The van der Waals surface area contributed by atoms with Crippen LogP contribution in [0.2, 0.25) is 0 Å². The van der Waals surface area contributed by atoms with E-state index in [-0.39, 0.29) is 10.9 Å². The van der Waals surface area contributed by atoms with E-state index in [0.29, 0.717) is 0 Å². The highest BCUT2D eigenvalue weighted by Crippen LogP contribution is 2.29. The summed E-state index contributed by atoms with van der Waals surface area (Å²) in [7, 11) is 0.0273. The molecule has 0 fully saturated rings. The fourth-order valence-electron chi connectivity index (χ4n) is 1.77. The Hall–Kier alpha value is -1.64. The van der Waals surface area contributed by atoms with Gasteiger partial charge in [0.2, 0.25) is 0 Å². The van der Waals surface area contributed by atoms with Gasteiger partial charge in [-0.15, -0.1) is 0 Å². The number of allylic oxidation sites excluding steroid dienone is 3. The first-order valence-electron chi connectivity index (χ1n) is 6.67. The largest absolute Gasteiger partial charge is 0.160 e. The number of hydrogen-bond donors (Lipinski definition) is 0. The van der Waals surface area contributed by atoms with Crippen LogP contribution in [0, 0.1) is 0 Å². The van der Waals surface area contributed by atoms with Crippen molar-refractivity contribution in [3.8, 4) is 0 Å². The standard InChI is InChI=1S/C19H19S2/c1-4-5-9-16(2)21(3)19-14-12-18(13-15-19)20-17-10-7-6-8-11-17/h4-15H,1-2H2,3H3/q+1/b9-5-. The minimum atomic E-state index is 0.0273. The molecule has 0 saturated carbocycles. The van der Waals surface area contributed by atoms with Gasteiger partial charge in [0.05, 0.1) is 10.9 Å². The van der Waals surface area contributed by atoms with Gasteiger partial charge >= 0.3 is 0 Å². The van der Waals surface area contributed by atoms with Crippen molar-refractivity contribution >= 4 is 22.7 Å². The third-order valence-electron chi connectivity index (χ3n) is 2.97. The Bertz CT molecular complexity index is 624. The fourth-order valence-corrected chi connectivity index (χ4v) is 3.73. The predicted octanol–water partition coefficient (Wildman–Crippen LogP) is 5.70. The zero-order valence-electron chi connectivity index (χ0n) is 12.2. The van der Waals surface area contributed by atoms with E-state index in [9.17, 15) is 0 Å². The lowest BCUT2D eigenvalue weighted by Crippen LogP contribution is -2.00. The van der Waals surface area contributed by atoms with Crippen LogP contribution in [0.3, 0.4) is 0 Å². The monoisotopic (exact) mass is 311 g/mol. The van der Waals surface area contributed by atoms with Crippen molar-refractivity contribution in [1.29, 1.82) is 0 Å². The molecule has 0 aliphatic heterocycles. The van der Waals surface area contributed by atoms with Crippen LogP contribution in [0.1, 0.15) is 0 Å². The van der Waals surface area contributed by atoms with E-state index < -0.39 is 0 Å². The van der Waals surface area contributed by atoms with Crippen molar-refractivity contribution in [3.63, 3.8) is 0 Å². The summed E-state index contributed by atoms with van der Waals surface area (Å²) in [5, 5.41) is 0. The molecule has 2 aromatic rings. The Labute approximate surface area is 134 Å². The summed E-state index contributed by atoms with van der Waals surface area (Å²) in [5.41, 5.74) is 0. The molecular weight excluding hydrogens is 292 g/mol. The number of rotatable bonds is 6. The SMILES string of the molecule is C=C/C=C\C(=C)[S+](C)c1ccc(Sc2ccccc2)cc1.